The molecule has 28 heavy (non-hydrogen) atoms. The Hall–Kier alpha value is -1.69. The predicted octanol–water partition coefficient (Wildman–Crippen LogP) is 4.94. The Balaban J connectivity index is 2.33. The zero-order valence-corrected chi connectivity index (χ0v) is 17.8. The molecule has 0 aliphatic rings. The molecule has 0 amide bonds. The first-order valence-corrected chi connectivity index (χ1v) is 11.3. The van der Waals surface area contributed by atoms with Crippen LogP contribution in [0, 0.1) is 0 Å². The van der Waals surface area contributed by atoms with Crippen LogP contribution in [0.4, 0.5) is 0 Å². The number of carbonyl (C=O) groups is 2. The van der Waals surface area contributed by atoms with Crippen molar-refractivity contribution >= 4 is 19.3 Å². The van der Waals surface area contributed by atoms with Crippen LogP contribution in [0.1, 0.15) is 63.2 Å². The van der Waals surface area contributed by atoms with Crippen LogP contribution in [-0.4, -0.2) is 42.3 Å². The first-order chi connectivity index (χ1) is 13.3. The molecule has 0 saturated heterocycles. The fourth-order valence-corrected chi connectivity index (χ4v) is 4.94. The Morgan fingerprint density at radius 2 is 1.57 bits per heavy atom. The van der Waals surface area contributed by atoms with Crippen molar-refractivity contribution in [1.29, 1.82) is 0 Å². The number of aromatic carboxylic acids is 1. The maximum absolute atomic E-state index is 12.8. The van der Waals surface area contributed by atoms with Gasteiger partial charge in [0.2, 0.25) is 0 Å². The molecule has 8 heteroatoms. The van der Waals surface area contributed by atoms with E-state index in [1.165, 1.54) is 19.1 Å². The van der Waals surface area contributed by atoms with Gasteiger partial charge in [-0.25, -0.2) is 4.79 Å². The monoisotopic (exact) mass is 414 g/mol. The number of carbonyl (C=O) groups excluding carboxylic acids is 1. The molecule has 1 aromatic rings. The first kappa shape index (κ1) is 24.3. The second-order valence-electron chi connectivity index (χ2n) is 6.38. The maximum Gasteiger partial charge on any atom is 0.341 e. The van der Waals surface area contributed by atoms with E-state index >= 15 is 0 Å². The fourth-order valence-electron chi connectivity index (χ4n) is 2.84. The van der Waals surface area contributed by atoms with Gasteiger partial charge in [-0.15, -0.1) is 0 Å². The van der Waals surface area contributed by atoms with Crippen molar-refractivity contribution in [2.45, 2.75) is 58.5 Å². The summed E-state index contributed by atoms with van der Waals surface area (Å²) in [4.78, 5) is 22.7. The van der Waals surface area contributed by atoms with Gasteiger partial charge in [0.25, 0.3) is 0 Å². The number of rotatable bonds is 15. The van der Waals surface area contributed by atoms with E-state index in [-0.39, 0.29) is 24.6 Å². The molecule has 0 spiro atoms. The lowest BCUT2D eigenvalue weighted by molar-refractivity contribution is -0.117. The molecular formula is C20H31O7P. The molecule has 0 radical (unpaired) electrons. The molecule has 7 nitrogen and oxygen atoms in total. The van der Waals surface area contributed by atoms with Gasteiger partial charge in [-0.2, -0.15) is 0 Å². The minimum absolute atomic E-state index is 0.168. The van der Waals surface area contributed by atoms with Crippen molar-refractivity contribution in [3.8, 4) is 5.75 Å². The molecule has 0 bridgehead atoms. The average molecular weight is 414 g/mol. The number of benzene rings is 1. The lowest BCUT2D eigenvalue weighted by Crippen LogP contribution is -2.21. The summed E-state index contributed by atoms with van der Waals surface area (Å²) < 4.78 is 29.0. The highest BCUT2D eigenvalue weighted by atomic mass is 31.2. The van der Waals surface area contributed by atoms with E-state index in [4.69, 9.17) is 18.9 Å². The highest BCUT2D eigenvalue weighted by Gasteiger charge is 2.38. The van der Waals surface area contributed by atoms with Gasteiger partial charge < -0.3 is 18.9 Å². The highest BCUT2D eigenvalue weighted by molar-refractivity contribution is 7.55. The smallest absolute Gasteiger partial charge is 0.341 e. The van der Waals surface area contributed by atoms with E-state index in [0.717, 1.165) is 25.7 Å². The normalized spacial score (nSPS) is 12.5. The van der Waals surface area contributed by atoms with E-state index in [9.17, 15) is 14.2 Å². The number of ether oxygens (including phenoxy) is 1. The predicted molar refractivity (Wildman–Crippen MR) is 107 cm³/mol. The number of hydrogen-bond donors (Lipinski definition) is 1. The van der Waals surface area contributed by atoms with Crippen LogP contribution in [0.15, 0.2) is 24.3 Å². The largest absolute Gasteiger partial charge is 0.494 e. The molecule has 0 heterocycles. The Kier molecular flexibility index (Phi) is 11.0. The molecule has 0 fully saturated rings. The molecule has 0 saturated carbocycles. The molecule has 0 aliphatic carbocycles. The van der Waals surface area contributed by atoms with Crippen LogP contribution in [0.3, 0.4) is 0 Å². The van der Waals surface area contributed by atoms with Crippen LogP contribution in [0.5, 0.6) is 5.75 Å². The summed E-state index contributed by atoms with van der Waals surface area (Å²) in [5.41, 5.74) is -0.486. The Bertz CT molecular complexity index is 647. The molecule has 0 aliphatic heterocycles. The zero-order chi connectivity index (χ0) is 21.0. The quantitative estimate of drug-likeness (QED) is 0.321. The van der Waals surface area contributed by atoms with Crippen LogP contribution in [0.2, 0.25) is 0 Å². The van der Waals surface area contributed by atoms with Gasteiger partial charge in [-0.1, -0.05) is 19.3 Å². The molecule has 1 atom stereocenters. The third-order valence-electron chi connectivity index (χ3n) is 4.21. The van der Waals surface area contributed by atoms with Crippen LogP contribution in [-0.2, 0) is 18.4 Å². The number of unbranched alkanes of at least 4 members (excludes halogenated alkanes) is 3. The van der Waals surface area contributed by atoms with E-state index in [2.05, 4.69) is 0 Å². The van der Waals surface area contributed by atoms with Gasteiger partial charge in [0.1, 0.15) is 17.2 Å². The van der Waals surface area contributed by atoms with Crippen molar-refractivity contribution in [2.24, 2.45) is 0 Å². The zero-order valence-electron chi connectivity index (χ0n) is 16.9. The molecular weight excluding hydrogens is 383 g/mol. The van der Waals surface area contributed by atoms with E-state index in [1.807, 2.05) is 0 Å². The second kappa shape index (κ2) is 12.7. The topological polar surface area (TPSA) is 99.1 Å². The summed E-state index contributed by atoms with van der Waals surface area (Å²) in [7, 11) is -3.41. The van der Waals surface area contributed by atoms with Gasteiger partial charge in [-0.05, 0) is 57.9 Å². The van der Waals surface area contributed by atoms with Gasteiger partial charge in [0.05, 0.1) is 25.4 Å². The van der Waals surface area contributed by atoms with E-state index < -0.39 is 19.2 Å². The molecule has 0 aromatic heterocycles. The van der Waals surface area contributed by atoms with Crippen LogP contribution < -0.4 is 4.74 Å². The van der Waals surface area contributed by atoms with Crippen molar-refractivity contribution in [2.75, 3.05) is 19.8 Å². The van der Waals surface area contributed by atoms with Gasteiger partial charge >= 0.3 is 13.6 Å². The maximum atomic E-state index is 12.8. The molecule has 1 aromatic carbocycles. The summed E-state index contributed by atoms with van der Waals surface area (Å²) >= 11 is 0. The number of carboxylic acids is 1. The Morgan fingerprint density at radius 1 is 1.00 bits per heavy atom. The number of hydrogen-bond acceptors (Lipinski definition) is 6. The Morgan fingerprint density at radius 3 is 2.07 bits per heavy atom. The molecule has 1 rings (SSSR count). The van der Waals surface area contributed by atoms with E-state index in [0.29, 0.717) is 18.8 Å². The SMILES string of the molecule is CCOP(=O)(OCC)C(CCCCCCOc1ccc(C(=O)O)cc1)C(C)=O. The van der Waals surface area contributed by atoms with Crippen molar-refractivity contribution in [3.63, 3.8) is 0 Å². The van der Waals surface area contributed by atoms with Crippen molar-refractivity contribution in [3.05, 3.63) is 29.8 Å². The van der Waals surface area contributed by atoms with Crippen LogP contribution >= 0.6 is 7.60 Å². The Labute approximate surface area is 166 Å². The second-order valence-corrected chi connectivity index (χ2v) is 8.60. The third-order valence-corrected chi connectivity index (χ3v) is 6.83. The lowest BCUT2D eigenvalue weighted by atomic mass is 10.1. The highest BCUT2D eigenvalue weighted by Crippen LogP contribution is 2.54. The summed E-state index contributed by atoms with van der Waals surface area (Å²) in [6.45, 7) is 5.91. The minimum atomic E-state index is -3.41. The molecule has 158 valence electrons. The average Bonchev–Trinajstić information content (AvgIpc) is 2.64. The summed E-state index contributed by atoms with van der Waals surface area (Å²) in [6.07, 6.45) is 3.85. The number of Topliss-reactive ketones (excluding diaryl/α,β-unsaturated/α-hetero) is 1. The van der Waals surface area contributed by atoms with Gasteiger partial charge in [0.15, 0.2) is 0 Å². The lowest BCUT2D eigenvalue weighted by Gasteiger charge is -2.24. The number of carboxylic acid groups (broad SMARTS) is 1. The minimum Gasteiger partial charge on any atom is -0.494 e. The van der Waals surface area contributed by atoms with Crippen molar-refractivity contribution in [1.82, 2.24) is 0 Å². The number of ketones is 1. The van der Waals surface area contributed by atoms with Gasteiger partial charge in [-0.3, -0.25) is 9.36 Å². The van der Waals surface area contributed by atoms with Crippen molar-refractivity contribution < 1.29 is 33.0 Å². The summed E-state index contributed by atoms with van der Waals surface area (Å²) in [5, 5.41) is 8.86. The summed E-state index contributed by atoms with van der Waals surface area (Å²) in [6, 6.07) is 6.29. The standard InChI is InChI=1S/C20H31O7P/c1-4-26-28(24,27-5-2)19(16(3)21)10-8-6-7-9-15-25-18-13-11-17(12-14-18)20(22)23/h11-14,19H,4-10,15H2,1-3H3,(H,22,23). The van der Waals surface area contributed by atoms with Crippen LogP contribution in [0.25, 0.3) is 0 Å². The molecule has 1 unspecified atom stereocenters. The third kappa shape index (κ3) is 8.13. The molecule has 1 N–H and O–H groups in total. The fraction of sp³-hybridized carbons (Fsp3) is 0.600. The van der Waals surface area contributed by atoms with Gasteiger partial charge in [0, 0.05) is 0 Å². The van der Waals surface area contributed by atoms with E-state index in [1.54, 1.807) is 26.0 Å². The summed E-state index contributed by atoms with van der Waals surface area (Å²) in [5.74, 6) is -0.497. The first-order valence-electron chi connectivity index (χ1n) is 9.69.